The van der Waals surface area contributed by atoms with E-state index in [9.17, 15) is 9.90 Å². The molecule has 1 saturated carbocycles. The summed E-state index contributed by atoms with van der Waals surface area (Å²) in [4.78, 5) is 14.1. The van der Waals surface area contributed by atoms with E-state index < -0.39 is 5.41 Å². The molecule has 3 heteroatoms. The first-order valence-electron chi connectivity index (χ1n) is 6.05. The summed E-state index contributed by atoms with van der Waals surface area (Å²) in [6.07, 6.45) is 2.64. The van der Waals surface area contributed by atoms with Crippen LogP contribution in [0.25, 0.3) is 0 Å². The molecule has 0 saturated heterocycles. The minimum Gasteiger partial charge on any atom is -0.395 e. The predicted molar refractivity (Wildman–Crippen MR) is 68.0 cm³/mol. The number of nitrogens with zero attached hydrogens (tertiary/aromatic N) is 1. The first-order chi connectivity index (χ1) is 8.10. The third kappa shape index (κ3) is 1.95. The lowest BCUT2D eigenvalue weighted by Gasteiger charge is -2.41. The van der Waals surface area contributed by atoms with Crippen molar-refractivity contribution in [3.05, 3.63) is 29.8 Å². The molecule has 1 N–H and O–H groups in total. The van der Waals surface area contributed by atoms with E-state index >= 15 is 0 Å². The fourth-order valence-electron chi connectivity index (χ4n) is 2.45. The molecule has 1 aromatic rings. The fraction of sp³-hybridized carbons (Fsp3) is 0.500. The van der Waals surface area contributed by atoms with Crippen LogP contribution in [0.1, 0.15) is 24.8 Å². The van der Waals surface area contributed by atoms with Gasteiger partial charge in [0.1, 0.15) is 0 Å². The van der Waals surface area contributed by atoms with E-state index in [1.165, 1.54) is 0 Å². The monoisotopic (exact) mass is 233 g/mol. The summed E-state index contributed by atoms with van der Waals surface area (Å²) in [7, 11) is 1.79. The third-order valence-corrected chi connectivity index (χ3v) is 3.85. The lowest BCUT2D eigenvalue weighted by atomic mass is 9.68. The van der Waals surface area contributed by atoms with Gasteiger partial charge in [-0.2, -0.15) is 0 Å². The zero-order valence-corrected chi connectivity index (χ0v) is 10.4. The number of carbonyl (C=O) groups excluding carboxylic acids is 1. The molecule has 2 rings (SSSR count). The van der Waals surface area contributed by atoms with Crippen molar-refractivity contribution >= 4 is 11.6 Å². The summed E-state index contributed by atoms with van der Waals surface area (Å²) < 4.78 is 0. The average Bonchev–Trinajstić information content (AvgIpc) is 2.28. The van der Waals surface area contributed by atoms with Crippen molar-refractivity contribution < 1.29 is 9.90 Å². The van der Waals surface area contributed by atoms with Crippen molar-refractivity contribution in [2.24, 2.45) is 5.41 Å². The van der Waals surface area contributed by atoms with Gasteiger partial charge in [0.05, 0.1) is 12.0 Å². The smallest absolute Gasteiger partial charge is 0.235 e. The van der Waals surface area contributed by atoms with Gasteiger partial charge in [0.2, 0.25) is 5.91 Å². The molecule has 0 radical (unpaired) electrons. The van der Waals surface area contributed by atoms with Crippen LogP contribution in [0.15, 0.2) is 24.3 Å². The van der Waals surface area contributed by atoms with E-state index in [0.29, 0.717) is 0 Å². The van der Waals surface area contributed by atoms with Crippen LogP contribution in [0.3, 0.4) is 0 Å². The highest BCUT2D eigenvalue weighted by Crippen LogP contribution is 2.42. The Kier molecular flexibility index (Phi) is 3.20. The maximum atomic E-state index is 12.4. The number of amides is 1. The lowest BCUT2D eigenvalue weighted by molar-refractivity contribution is -0.136. The molecule has 0 unspecified atom stereocenters. The zero-order valence-electron chi connectivity index (χ0n) is 10.4. The van der Waals surface area contributed by atoms with Gasteiger partial charge < -0.3 is 10.0 Å². The minimum atomic E-state index is -0.517. The summed E-state index contributed by atoms with van der Waals surface area (Å²) in [6, 6.07) is 7.82. The second kappa shape index (κ2) is 4.49. The summed E-state index contributed by atoms with van der Waals surface area (Å²) in [5, 5.41) is 9.42. The van der Waals surface area contributed by atoms with Gasteiger partial charge in [0.15, 0.2) is 0 Å². The van der Waals surface area contributed by atoms with Crippen molar-refractivity contribution in [3.63, 3.8) is 0 Å². The standard InChI is InChI=1S/C14H19NO2/c1-11-6-3-4-7-12(11)15(2)13(17)14(10-16)8-5-9-14/h3-4,6-7,16H,5,8-10H2,1-2H3. The molecular formula is C14H19NO2. The Morgan fingerprint density at radius 3 is 2.53 bits per heavy atom. The van der Waals surface area contributed by atoms with Crippen LogP contribution in [-0.4, -0.2) is 24.7 Å². The molecule has 1 fully saturated rings. The second-order valence-corrected chi connectivity index (χ2v) is 4.94. The fourth-order valence-corrected chi connectivity index (χ4v) is 2.45. The minimum absolute atomic E-state index is 0.0396. The Balaban J connectivity index is 2.23. The van der Waals surface area contributed by atoms with Crippen molar-refractivity contribution in [1.82, 2.24) is 0 Å². The number of aliphatic hydroxyl groups excluding tert-OH is 1. The topological polar surface area (TPSA) is 40.5 Å². The van der Waals surface area contributed by atoms with Crippen LogP contribution < -0.4 is 4.90 Å². The molecule has 0 aliphatic heterocycles. The SMILES string of the molecule is Cc1ccccc1N(C)C(=O)C1(CO)CCC1. The van der Waals surface area contributed by atoms with Crippen molar-refractivity contribution in [2.45, 2.75) is 26.2 Å². The van der Waals surface area contributed by atoms with Gasteiger partial charge in [-0.3, -0.25) is 4.79 Å². The highest BCUT2D eigenvalue weighted by atomic mass is 16.3. The quantitative estimate of drug-likeness (QED) is 0.868. The van der Waals surface area contributed by atoms with Crippen LogP contribution in [0.2, 0.25) is 0 Å². The third-order valence-electron chi connectivity index (χ3n) is 3.85. The molecule has 17 heavy (non-hydrogen) atoms. The first kappa shape index (κ1) is 12.1. The largest absolute Gasteiger partial charge is 0.395 e. The maximum Gasteiger partial charge on any atom is 0.235 e. The molecule has 3 nitrogen and oxygen atoms in total. The Hall–Kier alpha value is -1.35. The molecule has 0 atom stereocenters. The van der Waals surface area contributed by atoms with Gasteiger partial charge in [0, 0.05) is 12.7 Å². The highest BCUT2D eigenvalue weighted by Gasteiger charge is 2.45. The van der Waals surface area contributed by atoms with Gasteiger partial charge in [-0.15, -0.1) is 0 Å². The molecular weight excluding hydrogens is 214 g/mol. The van der Waals surface area contributed by atoms with E-state index in [2.05, 4.69) is 0 Å². The summed E-state index contributed by atoms with van der Waals surface area (Å²) >= 11 is 0. The molecule has 1 aliphatic rings. The van der Waals surface area contributed by atoms with Crippen LogP contribution in [0, 0.1) is 12.3 Å². The molecule has 0 aromatic heterocycles. The van der Waals surface area contributed by atoms with Crippen LogP contribution in [-0.2, 0) is 4.79 Å². The molecule has 1 aromatic carbocycles. The Labute approximate surface area is 102 Å². The van der Waals surface area contributed by atoms with Crippen molar-refractivity contribution in [2.75, 3.05) is 18.6 Å². The Morgan fingerprint density at radius 1 is 1.41 bits per heavy atom. The van der Waals surface area contributed by atoms with E-state index in [1.54, 1.807) is 11.9 Å². The van der Waals surface area contributed by atoms with Gasteiger partial charge in [0.25, 0.3) is 0 Å². The molecule has 1 aliphatic carbocycles. The number of hydrogen-bond donors (Lipinski definition) is 1. The van der Waals surface area contributed by atoms with E-state index in [4.69, 9.17) is 0 Å². The molecule has 0 spiro atoms. The average molecular weight is 233 g/mol. The van der Waals surface area contributed by atoms with Gasteiger partial charge in [-0.05, 0) is 31.4 Å². The van der Waals surface area contributed by atoms with E-state index in [-0.39, 0.29) is 12.5 Å². The van der Waals surface area contributed by atoms with Gasteiger partial charge in [-0.1, -0.05) is 24.6 Å². The molecule has 0 bridgehead atoms. The number of anilines is 1. The summed E-state index contributed by atoms with van der Waals surface area (Å²) in [6.45, 7) is 1.95. The second-order valence-electron chi connectivity index (χ2n) is 4.94. The summed E-state index contributed by atoms with van der Waals surface area (Å²) in [5.41, 5.74) is 1.49. The van der Waals surface area contributed by atoms with Gasteiger partial charge in [-0.25, -0.2) is 0 Å². The Morgan fingerprint density at radius 2 is 2.06 bits per heavy atom. The van der Waals surface area contributed by atoms with Crippen LogP contribution in [0.4, 0.5) is 5.69 Å². The number of rotatable bonds is 3. The number of aliphatic hydroxyl groups is 1. The summed E-state index contributed by atoms with van der Waals surface area (Å²) in [5.74, 6) is 0.0422. The van der Waals surface area contributed by atoms with Crippen molar-refractivity contribution in [3.8, 4) is 0 Å². The number of benzene rings is 1. The predicted octanol–water partition coefficient (Wildman–Crippen LogP) is 2.12. The normalized spacial score (nSPS) is 17.4. The number of carbonyl (C=O) groups is 1. The molecule has 1 amide bonds. The lowest BCUT2D eigenvalue weighted by Crippen LogP contribution is -2.49. The first-order valence-corrected chi connectivity index (χ1v) is 6.05. The van der Waals surface area contributed by atoms with E-state index in [0.717, 1.165) is 30.5 Å². The zero-order chi connectivity index (χ0) is 12.5. The highest BCUT2D eigenvalue weighted by molar-refractivity contribution is 5.98. The molecule has 0 heterocycles. The van der Waals surface area contributed by atoms with E-state index in [1.807, 2.05) is 31.2 Å². The Bertz CT molecular complexity index is 418. The maximum absolute atomic E-state index is 12.4. The van der Waals surface area contributed by atoms with Crippen molar-refractivity contribution in [1.29, 1.82) is 0 Å². The number of para-hydroxylation sites is 1. The number of hydrogen-bond acceptors (Lipinski definition) is 2. The number of aryl methyl sites for hydroxylation is 1. The van der Waals surface area contributed by atoms with Crippen LogP contribution >= 0.6 is 0 Å². The van der Waals surface area contributed by atoms with Gasteiger partial charge >= 0.3 is 0 Å². The van der Waals surface area contributed by atoms with Crippen LogP contribution in [0.5, 0.6) is 0 Å². The molecule has 92 valence electrons.